The number of carbonyl (C=O) groups excluding carboxylic acids is 4. The quantitative estimate of drug-likeness (QED) is 0.729. The highest BCUT2D eigenvalue weighted by atomic mass is 16.2. The van der Waals surface area contributed by atoms with Gasteiger partial charge in [-0.15, -0.1) is 0 Å². The molecule has 8 nitrogen and oxygen atoms in total. The van der Waals surface area contributed by atoms with E-state index in [2.05, 4.69) is 4.98 Å². The largest absolute Gasteiger partial charge is 0.337 e. The van der Waals surface area contributed by atoms with E-state index in [0.717, 1.165) is 4.90 Å². The number of nitrogens with zero attached hydrogens (tertiary/aromatic N) is 4. The second-order valence-corrected chi connectivity index (χ2v) is 7.03. The van der Waals surface area contributed by atoms with Gasteiger partial charge in [-0.3, -0.25) is 29.1 Å². The predicted molar refractivity (Wildman–Crippen MR) is 103 cm³/mol. The maximum absolute atomic E-state index is 12.9. The summed E-state index contributed by atoms with van der Waals surface area (Å²) in [5, 5.41) is 0. The summed E-state index contributed by atoms with van der Waals surface area (Å²) in [5.41, 5.74) is 1.01. The van der Waals surface area contributed by atoms with E-state index in [1.807, 2.05) is 0 Å². The molecule has 2 aromatic rings. The van der Waals surface area contributed by atoms with Crippen molar-refractivity contribution >= 4 is 23.6 Å². The van der Waals surface area contributed by atoms with Crippen molar-refractivity contribution < 1.29 is 19.2 Å². The normalized spacial score (nSPS) is 17.3. The van der Waals surface area contributed by atoms with Gasteiger partial charge in [-0.2, -0.15) is 0 Å². The summed E-state index contributed by atoms with van der Waals surface area (Å²) in [6.07, 6.45) is 1.57. The van der Waals surface area contributed by atoms with Gasteiger partial charge < -0.3 is 9.80 Å². The molecule has 148 valence electrons. The Kier molecular flexibility index (Phi) is 4.84. The lowest BCUT2D eigenvalue weighted by atomic mass is 10.1. The van der Waals surface area contributed by atoms with Crippen LogP contribution in [-0.2, 0) is 4.79 Å². The molecule has 0 radical (unpaired) electrons. The van der Waals surface area contributed by atoms with Crippen LogP contribution in [0.15, 0.2) is 48.7 Å². The minimum absolute atomic E-state index is 0.175. The summed E-state index contributed by atoms with van der Waals surface area (Å²) < 4.78 is 0. The minimum atomic E-state index is -0.902. The van der Waals surface area contributed by atoms with E-state index in [1.165, 1.54) is 0 Å². The van der Waals surface area contributed by atoms with Gasteiger partial charge in [0.1, 0.15) is 11.7 Å². The number of piperazine rings is 1. The second kappa shape index (κ2) is 7.46. The molecule has 0 aliphatic carbocycles. The summed E-state index contributed by atoms with van der Waals surface area (Å²) in [5.74, 6) is -1.37. The zero-order valence-corrected chi connectivity index (χ0v) is 15.9. The van der Waals surface area contributed by atoms with Crippen molar-refractivity contribution in [3.8, 4) is 0 Å². The zero-order chi connectivity index (χ0) is 20.5. The number of hydrogen-bond donors (Lipinski definition) is 0. The molecule has 4 rings (SSSR count). The molecular formula is C21H20N4O4. The predicted octanol–water partition coefficient (Wildman–Crippen LogP) is 1.05. The molecule has 1 aromatic heterocycles. The van der Waals surface area contributed by atoms with Gasteiger partial charge in [-0.05, 0) is 31.2 Å². The van der Waals surface area contributed by atoms with Crippen LogP contribution in [0, 0.1) is 0 Å². The highest BCUT2D eigenvalue weighted by Crippen LogP contribution is 2.25. The van der Waals surface area contributed by atoms with E-state index in [1.54, 1.807) is 65.4 Å². The monoisotopic (exact) mass is 392 g/mol. The fourth-order valence-corrected chi connectivity index (χ4v) is 3.72. The minimum Gasteiger partial charge on any atom is -0.337 e. The standard InChI is InChI=1S/C21H20N4O4/c1-14(25-19(27)15-6-2-3-7-16(15)20(25)28)18(26)23-10-12-24(13-11-23)21(29)17-8-4-5-9-22-17/h2-9,14H,10-13H2,1H3. The number of carbonyl (C=O) groups is 4. The molecule has 4 amide bonds. The Hall–Kier alpha value is -3.55. The van der Waals surface area contributed by atoms with E-state index in [9.17, 15) is 19.2 Å². The molecule has 29 heavy (non-hydrogen) atoms. The van der Waals surface area contributed by atoms with Crippen molar-refractivity contribution in [3.05, 3.63) is 65.5 Å². The van der Waals surface area contributed by atoms with Crippen LogP contribution >= 0.6 is 0 Å². The fraction of sp³-hybridized carbons (Fsp3) is 0.286. The Morgan fingerprint density at radius 3 is 1.97 bits per heavy atom. The highest BCUT2D eigenvalue weighted by molar-refractivity contribution is 6.22. The zero-order valence-electron chi connectivity index (χ0n) is 15.9. The molecule has 0 N–H and O–H groups in total. The SMILES string of the molecule is CC(C(=O)N1CCN(C(=O)c2ccccn2)CC1)N1C(=O)c2ccccc2C1=O. The number of amides is 4. The third-order valence-corrected chi connectivity index (χ3v) is 5.33. The molecule has 3 heterocycles. The molecule has 1 unspecified atom stereocenters. The molecular weight excluding hydrogens is 372 g/mol. The fourth-order valence-electron chi connectivity index (χ4n) is 3.72. The Labute approximate surface area is 167 Å². The summed E-state index contributed by atoms with van der Waals surface area (Å²) in [6.45, 7) is 2.98. The van der Waals surface area contributed by atoms with E-state index in [0.29, 0.717) is 43.0 Å². The summed E-state index contributed by atoms with van der Waals surface area (Å²) in [4.78, 5) is 59.0. The van der Waals surface area contributed by atoms with Gasteiger partial charge in [-0.1, -0.05) is 18.2 Å². The molecule has 1 aromatic carbocycles. The number of rotatable bonds is 3. The number of fused-ring (bicyclic) bond motifs is 1. The first-order valence-electron chi connectivity index (χ1n) is 9.45. The molecule has 1 fully saturated rings. The molecule has 0 saturated carbocycles. The molecule has 0 spiro atoms. The Balaban J connectivity index is 1.41. The molecule has 1 atom stereocenters. The van der Waals surface area contributed by atoms with Crippen molar-refractivity contribution in [2.45, 2.75) is 13.0 Å². The molecule has 8 heteroatoms. The van der Waals surface area contributed by atoms with Crippen molar-refractivity contribution in [3.63, 3.8) is 0 Å². The highest BCUT2D eigenvalue weighted by Gasteiger charge is 2.42. The first-order chi connectivity index (χ1) is 14.0. The van der Waals surface area contributed by atoms with Gasteiger partial charge in [-0.25, -0.2) is 0 Å². The average molecular weight is 392 g/mol. The number of hydrogen-bond acceptors (Lipinski definition) is 5. The molecule has 0 bridgehead atoms. The van der Waals surface area contributed by atoms with E-state index >= 15 is 0 Å². The average Bonchev–Trinajstić information content (AvgIpc) is 3.03. The van der Waals surface area contributed by atoms with E-state index in [-0.39, 0.29) is 11.8 Å². The third-order valence-electron chi connectivity index (χ3n) is 5.33. The van der Waals surface area contributed by atoms with Gasteiger partial charge in [0.05, 0.1) is 11.1 Å². The maximum atomic E-state index is 12.9. The van der Waals surface area contributed by atoms with Gasteiger partial charge >= 0.3 is 0 Å². The van der Waals surface area contributed by atoms with Crippen molar-refractivity contribution in [2.75, 3.05) is 26.2 Å². The molecule has 1 saturated heterocycles. The van der Waals surface area contributed by atoms with E-state index in [4.69, 9.17) is 0 Å². The van der Waals surface area contributed by atoms with Crippen LogP contribution in [0.2, 0.25) is 0 Å². The van der Waals surface area contributed by atoms with Gasteiger partial charge in [0.2, 0.25) is 5.91 Å². The topological polar surface area (TPSA) is 90.9 Å². The van der Waals surface area contributed by atoms with Crippen LogP contribution in [0.5, 0.6) is 0 Å². The molecule has 2 aliphatic rings. The number of benzene rings is 1. The van der Waals surface area contributed by atoms with E-state index < -0.39 is 17.9 Å². The van der Waals surface area contributed by atoms with Crippen molar-refractivity contribution in [2.24, 2.45) is 0 Å². The summed E-state index contributed by atoms with van der Waals surface area (Å²) in [7, 11) is 0. The Morgan fingerprint density at radius 2 is 1.41 bits per heavy atom. The van der Waals surface area contributed by atoms with Gasteiger partial charge in [0.25, 0.3) is 17.7 Å². The third kappa shape index (κ3) is 3.26. The Bertz CT molecular complexity index is 948. The number of pyridine rings is 1. The van der Waals surface area contributed by atoms with Crippen molar-refractivity contribution in [1.29, 1.82) is 0 Å². The van der Waals surface area contributed by atoms with Gasteiger partial charge in [0, 0.05) is 32.4 Å². The lowest BCUT2D eigenvalue weighted by Gasteiger charge is -2.36. The summed E-state index contributed by atoms with van der Waals surface area (Å²) in [6, 6.07) is 10.8. The Morgan fingerprint density at radius 1 is 0.862 bits per heavy atom. The lowest BCUT2D eigenvalue weighted by molar-refractivity contribution is -0.136. The first-order valence-corrected chi connectivity index (χ1v) is 9.45. The number of aromatic nitrogens is 1. The molecule has 2 aliphatic heterocycles. The van der Waals surface area contributed by atoms with Crippen LogP contribution in [0.4, 0.5) is 0 Å². The summed E-state index contributed by atoms with van der Waals surface area (Å²) >= 11 is 0. The van der Waals surface area contributed by atoms with Crippen molar-refractivity contribution in [1.82, 2.24) is 19.7 Å². The van der Waals surface area contributed by atoms with Gasteiger partial charge in [0.15, 0.2) is 0 Å². The second-order valence-electron chi connectivity index (χ2n) is 7.03. The smallest absolute Gasteiger partial charge is 0.272 e. The van der Waals surface area contributed by atoms with Crippen LogP contribution < -0.4 is 0 Å². The van der Waals surface area contributed by atoms with Crippen LogP contribution in [0.1, 0.15) is 38.1 Å². The maximum Gasteiger partial charge on any atom is 0.272 e. The lowest BCUT2D eigenvalue weighted by Crippen LogP contribution is -2.56. The van der Waals surface area contributed by atoms with Crippen LogP contribution in [-0.4, -0.2) is 75.5 Å². The van der Waals surface area contributed by atoms with Crippen LogP contribution in [0.3, 0.4) is 0 Å². The van der Waals surface area contributed by atoms with Crippen LogP contribution in [0.25, 0.3) is 0 Å². The number of imide groups is 1. The first kappa shape index (κ1) is 18.8.